The molecule has 0 radical (unpaired) electrons. The maximum atomic E-state index is 13.5. The van der Waals surface area contributed by atoms with Gasteiger partial charge in [0.1, 0.15) is 5.82 Å². The number of ether oxygens (including phenoxy) is 1. The molecule has 0 atom stereocenters. The van der Waals surface area contributed by atoms with E-state index in [1.807, 2.05) is 0 Å². The number of carbonyl (C=O) groups is 1. The van der Waals surface area contributed by atoms with Crippen molar-refractivity contribution in [3.05, 3.63) is 33.6 Å². The highest BCUT2D eigenvalue weighted by atomic mass is 19.1. The first-order valence-electron chi connectivity index (χ1n) is 4.98. The van der Waals surface area contributed by atoms with E-state index in [1.54, 1.807) is 13.8 Å². The largest absolute Gasteiger partial charge is 0.484 e. The summed E-state index contributed by atoms with van der Waals surface area (Å²) in [6, 6.07) is 1.77. The van der Waals surface area contributed by atoms with Crippen LogP contribution in [-0.4, -0.2) is 16.8 Å². The van der Waals surface area contributed by atoms with Gasteiger partial charge in [-0.1, -0.05) is 0 Å². The van der Waals surface area contributed by atoms with Crippen LogP contribution in [0.4, 0.5) is 10.1 Å². The fraction of sp³-hybridized carbons (Fsp3) is 0.364. The van der Waals surface area contributed by atoms with Gasteiger partial charge in [0.15, 0.2) is 11.5 Å². The number of hydrogen-bond donors (Lipinski definition) is 0. The lowest BCUT2D eigenvalue weighted by Gasteiger charge is -2.10. The molecule has 0 bridgehead atoms. The molecule has 0 spiro atoms. The minimum atomic E-state index is -0.821. The maximum Gasteiger partial charge on any atom is 0.311 e. The second-order valence-corrected chi connectivity index (χ2v) is 3.78. The third kappa shape index (κ3) is 2.99. The van der Waals surface area contributed by atoms with Crippen molar-refractivity contribution in [2.75, 3.05) is 0 Å². The van der Waals surface area contributed by atoms with E-state index in [-0.39, 0.29) is 17.4 Å². The highest BCUT2D eigenvalue weighted by Crippen LogP contribution is 2.31. The molecule has 92 valence electrons. The Morgan fingerprint density at radius 3 is 2.47 bits per heavy atom. The lowest BCUT2D eigenvalue weighted by molar-refractivity contribution is -0.386. The van der Waals surface area contributed by atoms with Crippen molar-refractivity contribution in [1.29, 1.82) is 0 Å². The SMILES string of the molecule is CC(=O)c1cc([N+](=O)[O-])c(OC(C)C)cc1F. The average molecular weight is 241 g/mol. The van der Waals surface area contributed by atoms with Gasteiger partial charge in [-0.2, -0.15) is 0 Å². The van der Waals surface area contributed by atoms with Gasteiger partial charge < -0.3 is 4.74 Å². The number of rotatable bonds is 4. The number of Topliss-reactive ketones (excluding diaryl/α,β-unsaturated/α-hetero) is 1. The predicted octanol–water partition coefficient (Wildman–Crippen LogP) is 2.72. The van der Waals surface area contributed by atoms with Gasteiger partial charge in [0.05, 0.1) is 16.6 Å². The molecule has 0 saturated carbocycles. The molecule has 17 heavy (non-hydrogen) atoms. The van der Waals surface area contributed by atoms with E-state index in [0.717, 1.165) is 19.1 Å². The molecule has 1 rings (SSSR count). The molecule has 1 aromatic rings. The standard InChI is InChI=1S/C11H12FNO4/c1-6(2)17-11-5-9(12)8(7(3)14)4-10(11)13(15)16/h4-6H,1-3H3. The molecule has 0 heterocycles. The number of halogens is 1. The normalized spacial score (nSPS) is 10.4. The van der Waals surface area contributed by atoms with Crippen LogP contribution in [-0.2, 0) is 0 Å². The summed E-state index contributed by atoms with van der Waals surface area (Å²) in [5, 5.41) is 10.8. The van der Waals surface area contributed by atoms with Crippen LogP contribution in [0, 0.1) is 15.9 Å². The fourth-order valence-electron chi connectivity index (χ4n) is 1.30. The molecule has 0 N–H and O–H groups in total. The zero-order valence-electron chi connectivity index (χ0n) is 9.69. The quantitative estimate of drug-likeness (QED) is 0.461. The predicted molar refractivity (Wildman–Crippen MR) is 58.8 cm³/mol. The molecule has 0 saturated heterocycles. The fourth-order valence-corrected chi connectivity index (χ4v) is 1.30. The lowest BCUT2D eigenvalue weighted by atomic mass is 10.1. The van der Waals surface area contributed by atoms with Crippen molar-refractivity contribution in [1.82, 2.24) is 0 Å². The zero-order chi connectivity index (χ0) is 13.2. The highest BCUT2D eigenvalue weighted by molar-refractivity contribution is 5.95. The van der Waals surface area contributed by atoms with Gasteiger partial charge in [0.25, 0.3) is 0 Å². The van der Waals surface area contributed by atoms with E-state index in [0.29, 0.717) is 0 Å². The van der Waals surface area contributed by atoms with E-state index >= 15 is 0 Å². The second kappa shape index (κ2) is 4.90. The van der Waals surface area contributed by atoms with Crippen molar-refractivity contribution in [3.63, 3.8) is 0 Å². The summed E-state index contributed by atoms with van der Waals surface area (Å²) < 4.78 is 18.6. The van der Waals surface area contributed by atoms with E-state index in [1.165, 1.54) is 0 Å². The molecular weight excluding hydrogens is 229 g/mol. The average Bonchev–Trinajstić information content (AvgIpc) is 2.15. The van der Waals surface area contributed by atoms with E-state index in [2.05, 4.69) is 0 Å². The number of carbonyl (C=O) groups excluding carboxylic acids is 1. The molecular formula is C11H12FNO4. The maximum absolute atomic E-state index is 13.5. The topological polar surface area (TPSA) is 69.4 Å². The molecule has 5 nitrogen and oxygen atoms in total. The number of nitro groups is 1. The van der Waals surface area contributed by atoms with Crippen LogP contribution in [0.2, 0.25) is 0 Å². The van der Waals surface area contributed by atoms with Crippen molar-refractivity contribution < 1.29 is 18.8 Å². The second-order valence-electron chi connectivity index (χ2n) is 3.78. The first-order chi connectivity index (χ1) is 7.82. The van der Waals surface area contributed by atoms with Crippen molar-refractivity contribution >= 4 is 11.5 Å². The minimum Gasteiger partial charge on any atom is -0.484 e. The third-order valence-corrected chi connectivity index (χ3v) is 1.99. The Bertz CT molecular complexity index is 471. The summed E-state index contributed by atoms with van der Waals surface area (Å²) in [5.74, 6) is -1.56. The Hall–Kier alpha value is -1.98. The van der Waals surface area contributed by atoms with Crippen LogP contribution in [0.25, 0.3) is 0 Å². The Morgan fingerprint density at radius 1 is 1.47 bits per heavy atom. The molecule has 0 aliphatic rings. The molecule has 0 unspecified atom stereocenters. The molecule has 0 aliphatic carbocycles. The van der Waals surface area contributed by atoms with Crippen LogP contribution in [0.1, 0.15) is 31.1 Å². The van der Waals surface area contributed by atoms with Gasteiger partial charge >= 0.3 is 5.69 Å². The van der Waals surface area contributed by atoms with Gasteiger partial charge in [-0.25, -0.2) is 4.39 Å². The number of benzene rings is 1. The smallest absolute Gasteiger partial charge is 0.311 e. The number of hydrogen-bond acceptors (Lipinski definition) is 4. The Morgan fingerprint density at radius 2 is 2.06 bits per heavy atom. The van der Waals surface area contributed by atoms with Gasteiger partial charge in [-0.05, 0) is 20.8 Å². The van der Waals surface area contributed by atoms with Crippen LogP contribution < -0.4 is 4.74 Å². The molecule has 1 aromatic carbocycles. The van der Waals surface area contributed by atoms with Crippen molar-refractivity contribution in [2.45, 2.75) is 26.9 Å². The Labute approximate surface area is 97.3 Å². The van der Waals surface area contributed by atoms with Crippen molar-refractivity contribution in [3.8, 4) is 5.75 Å². The lowest BCUT2D eigenvalue weighted by Crippen LogP contribution is -2.09. The van der Waals surface area contributed by atoms with Crippen LogP contribution in [0.5, 0.6) is 5.75 Å². The van der Waals surface area contributed by atoms with Gasteiger partial charge in [-0.3, -0.25) is 14.9 Å². The summed E-state index contributed by atoms with van der Waals surface area (Å²) in [4.78, 5) is 21.1. The van der Waals surface area contributed by atoms with E-state index < -0.39 is 22.2 Å². The molecule has 0 amide bonds. The monoisotopic (exact) mass is 241 g/mol. The first-order valence-corrected chi connectivity index (χ1v) is 4.98. The molecule has 0 aliphatic heterocycles. The van der Waals surface area contributed by atoms with E-state index in [4.69, 9.17) is 4.74 Å². The Kier molecular flexibility index (Phi) is 3.77. The first kappa shape index (κ1) is 13.1. The number of nitro benzene ring substituents is 1. The van der Waals surface area contributed by atoms with Crippen LogP contribution >= 0.6 is 0 Å². The summed E-state index contributed by atoms with van der Waals surface area (Å²) in [6.45, 7) is 4.48. The number of nitrogens with zero attached hydrogens (tertiary/aromatic N) is 1. The van der Waals surface area contributed by atoms with Gasteiger partial charge in [-0.15, -0.1) is 0 Å². The van der Waals surface area contributed by atoms with Crippen molar-refractivity contribution in [2.24, 2.45) is 0 Å². The third-order valence-electron chi connectivity index (χ3n) is 1.99. The summed E-state index contributed by atoms with van der Waals surface area (Å²) in [7, 11) is 0. The molecule has 0 aromatic heterocycles. The summed E-state index contributed by atoms with van der Waals surface area (Å²) in [5.41, 5.74) is -0.724. The van der Waals surface area contributed by atoms with E-state index in [9.17, 15) is 19.3 Å². The van der Waals surface area contributed by atoms with Crippen LogP contribution in [0.3, 0.4) is 0 Å². The van der Waals surface area contributed by atoms with Gasteiger partial charge in [0.2, 0.25) is 0 Å². The van der Waals surface area contributed by atoms with Crippen LogP contribution in [0.15, 0.2) is 12.1 Å². The molecule has 6 heteroatoms. The zero-order valence-corrected chi connectivity index (χ0v) is 9.69. The summed E-state index contributed by atoms with van der Waals surface area (Å²) >= 11 is 0. The molecule has 0 fully saturated rings. The minimum absolute atomic E-state index is 0.174. The Balaban J connectivity index is 3.35. The summed E-state index contributed by atoms with van der Waals surface area (Å²) in [6.07, 6.45) is -0.323. The number of ketones is 1. The van der Waals surface area contributed by atoms with Gasteiger partial charge in [0, 0.05) is 12.1 Å². The highest BCUT2D eigenvalue weighted by Gasteiger charge is 2.22.